The van der Waals surface area contributed by atoms with Crippen LogP contribution in [0.15, 0.2) is 24.3 Å². The highest BCUT2D eigenvalue weighted by Crippen LogP contribution is 2.40. The number of amides is 2. The summed E-state index contributed by atoms with van der Waals surface area (Å²) in [5.41, 5.74) is 2.08. The number of rotatable bonds is 1. The van der Waals surface area contributed by atoms with Crippen molar-refractivity contribution in [3.8, 4) is 0 Å². The molecule has 3 aliphatic heterocycles. The van der Waals surface area contributed by atoms with Gasteiger partial charge >= 0.3 is 6.03 Å². The predicted molar refractivity (Wildman–Crippen MR) is 88.0 cm³/mol. The van der Waals surface area contributed by atoms with Crippen molar-refractivity contribution in [3.05, 3.63) is 29.8 Å². The van der Waals surface area contributed by atoms with Crippen molar-refractivity contribution < 1.29 is 4.79 Å². The van der Waals surface area contributed by atoms with Crippen LogP contribution in [0.25, 0.3) is 0 Å². The van der Waals surface area contributed by atoms with Crippen molar-refractivity contribution >= 4 is 11.7 Å². The summed E-state index contributed by atoms with van der Waals surface area (Å²) in [6.45, 7) is 6.38. The maximum Gasteiger partial charge on any atom is 0.321 e. The lowest BCUT2D eigenvalue weighted by Gasteiger charge is -2.33. The van der Waals surface area contributed by atoms with E-state index in [0.29, 0.717) is 11.8 Å². The van der Waals surface area contributed by atoms with E-state index in [1.165, 1.54) is 37.9 Å². The molecule has 4 nitrogen and oxygen atoms in total. The highest BCUT2D eigenvalue weighted by atomic mass is 16.2. The van der Waals surface area contributed by atoms with Gasteiger partial charge < -0.3 is 10.2 Å². The van der Waals surface area contributed by atoms with Gasteiger partial charge in [0.25, 0.3) is 0 Å². The van der Waals surface area contributed by atoms with E-state index in [1.807, 2.05) is 36.1 Å². The molecular weight excluding hydrogens is 274 g/mol. The largest absolute Gasteiger partial charge is 0.324 e. The molecule has 3 fully saturated rings. The van der Waals surface area contributed by atoms with Crippen LogP contribution in [0.2, 0.25) is 0 Å². The van der Waals surface area contributed by atoms with Crippen LogP contribution in [0, 0.1) is 18.8 Å². The number of hydrogen-bond donors (Lipinski definition) is 1. The second-order valence-corrected chi connectivity index (χ2v) is 7.19. The fraction of sp³-hybridized carbons (Fsp3) is 0.611. The zero-order valence-corrected chi connectivity index (χ0v) is 13.3. The Bertz CT molecular complexity index is 573. The van der Waals surface area contributed by atoms with Crippen LogP contribution < -0.4 is 5.32 Å². The lowest BCUT2D eigenvalue weighted by molar-refractivity contribution is 0.157. The number of piperidine rings is 1. The molecule has 0 aliphatic carbocycles. The Balaban J connectivity index is 1.40. The van der Waals surface area contributed by atoms with Gasteiger partial charge in [-0.3, -0.25) is 4.90 Å². The second-order valence-electron chi connectivity index (χ2n) is 7.19. The lowest BCUT2D eigenvalue weighted by atomic mass is 9.90. The molecular formula is C18H25N3O. The third-order valence-corrected chi connectivity index (χ3v) is 5.68. The van der Waals surface area contributed by atoms with Crippen LogP contribution in [-0.2, 0) is 0 Å². The van der Waals surface area contributed by atoms with Gasteiger partial charge in [0.1, 0.15) is 0 Å². The number of nitrogens with zero attached hydrogens (tertiary/aromatic N) is 2. The van der Waals surface area contributed by atoms with Crippen molar-refractivity contribution in [2.24, 2.45) is 11.8 Å². The van der Waals surface area contributed by atoms with Crippen molar-refractivity contribution in [2.75, 3.05) is 31.5 Å². The van der Waals surface area contributed by atoms with E-state index in [2.05, 4.69) is 10.2 Å². The maximum atomic E-state index is 12.5. The van der Waals surface area contributed by atoms with Crippen molar-refractivity contribution in [1.29, 1.82) is 0 Å². The van der Waals surface area contributed by atoms with Crippen LogP contribution in [0.1, 0.15) is 24.8 Å². The fourth-order valence-electron chi connectivity index (χ4n) is 4.65. The minimum Gasteiger partial charge on any atom is -0.324 e. The number of urea groups is 1. The van der Waals surface area contributed by atoms with E-state index in [9.17, 15) is 4.79 Å². The summed E-state index contributed by atoms with van der Waals surface area (Å²) in [6.07, 6.45) is 4.04. The molecule has 1 aromatic carbocycles. The van der Waals surface area contributed by atoms with Crippen LogP contribution in [0.4, 0.5) is 10.5 Å². The van der Waals surface area contributed by atoms with Gasteiger partial charge in [0, 0.05) is 31.4 Å². The third-order valence-electron chi connectivity index (χ3n) is 5.68. The number of aryl methyl sites for hydroxylation is 1. The zero-order chi connectivity index (χ0) is 15.1. The van der Waals surface area contributed by atoms with Crippen LogP contribution in [-0.4, -0.2) is 48.1 Å². The Kier molecular flexibility index (Phi) is 3.57. The zero-order valence-electron chi connectivity index (χ0n) is 13.3. The number of fused-ring (bicyclic) bond motifs is 3. The van der Waals surface area contributed by atoms with Gasteiger partial charge in [-0.05, 0) is 55.8 Å². The first-order valence-electron chi connectivity index (χ1n) is 8.57. The predicted octanol–water partition coefficient (Wildman–Crippen LogP) is 2.94. The molecule has 4 heteroatoms. The molecule has 3 atom stereocenters. The molecule has 1 aromatic rings. The van der Waals surface area contributed by atoms with Gasteiger partial charge in [0.15, 0.2) is 0 Å². The number of carbonyl (C=O) groups excluding carboxylic acids is 1. The molecule has 1 N–H and O–H groups in total. The van der Waals surface area contributed by atoms with Crippen molar-refractivity contribution in [1.82, 2.24) is 9.80 Å². The van der Waals surface area contributed by atoms with Gasteiger partial charge in [0.05, 0.1) is 0 Å². The Morgan fingerprint density at radius 3 is 3.00 bits per heavy atom. The van der Waals surface area contributed by atoms with E-state index in [-0.39, 0.29) is 6.03 Å². The first-order valence-corrected chi connectivity index (χ1v) is 8.57. The summed E-state index contributed by atoms with van der Waals surface area (Å²) in [4.78, 5) is 17.2. The Morgan fingerprint density at radius 2 is 2.14 bits per heavy atom. The number of carbonyl (C=O) groups is 1. The van der Waals surface area contributed by atoms with E-state index >= 15 is 0 Å². The van der Waals surface area contributed by atoms with Gasteiger partial charge in [-0.15, -0.1) is 0 Å². The SMILES string of the molecule is Cc1cccc(NC(=O)N2C[C@@H]3CN4CCCC[C@@H]4[C@@H]3C2)c1. The van der Waals surface area contributed by atoms with Crippen molar-refractivity contribution in [2.45, 2.75) is 32.2 Å². The molecule has 3 saturated heterocycles. The van der Waals surface area contributed by atoms with E-state index in [1.54, 1.807) is 0 Å². The van der Waals surface area contributed by atoms with Gasteiger partial charge in [-0.2, -0.15) is 0 Å². The highest BCUT2D eigenvalue weighted by molar-refractivity contribution is 5.89. The Hall–Kier alpha value is -1.55. The molecule has 0 bridgehead atoms. The average Bonchev–Trinajstić information content (AvgIpc) is 3.05. The molecule has 3 aliphatic rings. The smallest absolute Gasteiger partial charge is 0.321 e. The number of benzene rings is 1. The summed E-state index contributed by atoms with van der Waals surface area (Å²) in [5.74, 6) is 1.38. The number of nitrogens with one attached hydrogen (secondary N) is 1. The lowest BCUT2D eigenvalue weighted by Crippen LogP contribution is -2.41. The molecule has 0 spiro atoms. The maximum absolute atomic E-state index is 12.5. The summed E-state index contributed by atoms with van der Waals surface area (Å²) in [6, 6.07) is 8.83. The first kappa shape index (κ1) is 14.1. The molecule has 118 valence electrons. The minimum absolute atomic E-state index is 0.0716. The first-order chi connectivity index (χ1) is 10.7. The number of hydrogen-bond acceptors (Lipinski definition) is 2. The summed E-state index contributed by atoms with van der Waals surface area (Å²) in [7, 11) is 0. The summed E-state index contributed by atoms with van der Waals surface area (Å²) in [5, 5.41) is 3.06. The van der Waals surface area contributed by atoms with Gasteiger partial charge in [-0.1, -0.05) is 18.6 Å². The third kappa shape index (κ3) is 2.50. The van der Waals surface area contributed by atoms with Crippen LogP contribution in [0.5, 0.6) is 0 Å². The van der Waals surface area contributed by atoms with E-state index in [4.69, 9.17) is 0 Å². The molecule has 22 heavy (non-hydrogen) atoms. The Morgan fingerprint density at radius 1 is 1.23 bits per heavy atom. The summed E-state index contributed by atoms with van der Waals surface area (Å²) < 4.78 is 0. The fourth-order valence-corrected chi connectivity index (χ4v) is 4.65. The second kappa shape index (κ2) is 5.58. The monoisotopic (exact) mass is 299 g/mol. The van der Waals surface area contributed by atoms with Crippen molar-refractivity contribution in [3.63, 3.8) is 0 Å². The number of anilines is 1. The van der Waals surface area contributed by atoms with Gasteiger partial charge in [-0.25, -0.2) is 4.79 Å². The summed E-state index contributed by atoms with van der Waals surface area (Å²) >= 11 is 0. The van der Waals surface area contributed by atoms with Gasteiger partial charge in [0.2, 0.25) is 0 Å². The van der Waals surface area contributed by atoms with Crippen LogP contribution >= 0.6 is 0 Å². The molecule has 0 unspecified atom stereocenters. The molecule has 3 heterocycles. The molecule has 0 aromatic heterocycles. The molecule has 4 rings (SSSR count). The van der Waals surface area contributed by atoms with E-state index in [0.717, 1.165) is 24.8 Å². The topological polar surface area (TPSA) is 35.6 Å². The van der Waals surface area contributed by atoms with Crippen LogP contribution in [0.3, 0.4) is 0 Å². The number of likely N-dealkylation sites (tertiary alicyclic amines) is 1. The standard InChI is InChI=1S/C18H25N3O/c1-13-5-4-6-15(9-13)19-18(22)21-11-14-10-20-8-3-2-7-17(20)16(14)12-21/h4-6,9,14,16-17H,2-3,7-8,10-12H2,1H3,(H,19,22)/t14-,16+,17+/m0/s1. The van der Waals surface area contributed by atoms with E-state index < -0.39 is 0 Å². The normalized spacial score (nSPS) is 31.0. The average molecular weight is 299 g/mol. The quantitative estimate of drug-likeness (QED) is 0.865. The highest BCUT2D eigenvalue weighted by Gasteiger charge is 2.48. The molecule has 0 saturated carbocycles. The molecule has 2 amide bonds. The Labute approximate surface area is 132 Å². The molecule has 0 radical (unpaired) electrons. The minimum atomic E-state index is 0.0716.